The third kappa shape index (κ3) is 3.93. The molecule has 122 valence electrons. The minimum absolute atomic E-state index is 0.0319. The van der Waals surface area contributed by atoms with Gasteiger partial charge in [0.15, 0.2) is 0 Å². The third-order valence-corrected chi connectivity index (χ3v) is 5.19. The van der Waals surface area contributed by atoms with Gasteiger partial charge in [-0.05, 0) is 42.5 Å². The molecule has 0 heterocycles. The predicted molar refractivity (Wildman–Crippen MR) is 86.6 cm³/mol. The first-order valence-electron chi connectivity index (χ1n) is 6.23. The molecule has 0 saturated carbocycles. The molecule has 0 aromatic heterocycles. The van der Waals surface area contributed by atoms with E-state index in [-0.39, 0.29) is 15.6 Å². The molecule has 0 atom stereocenters. The van der Waals surface area contributed by atoms with Crippen molar-refractivity contribution >= 4 is 44.8 Å². The first kappa shape index (κ1) is 17.5. The van der Waals surface area contributed by atoms with Gasteiger partial charge in [0.1, 0.15) is 12.4 Å². The second-order valence-corrected chi connectivity index (χ2v) is 7.23. The summed E-state index contributed by atoms with van der Waals surface area (Å²) in [5.74, 6) is -1.46. The van der Waals surface area contributed by atoms with Crippen molar-refractivity contribution in [3.63, 3.8) is 0 Å². The zero-order valence-corrected chi connectivity index (χ0v) is 13.9. The first-order valence-corrected chi connectivity index (χ1v) is 8.43. The van der Waals surface area contributed by atoms with Crippen LogP contribution in [0.15, 0.2) is 47.4 Å². The summed E-state index contributed by atoms with van der Waals surface area (Å²) >= 11 is 11.8. The van der Waals surface area contributed by atoms with E-state index < -0.39 is 28.3 Å². The van der Waals surface area contributed by atoms with Gasteiger partial charge in [-0.25, -0.2) is 12.8 Å². The molecule has 0 aliphatic heterocycles. The summed E-state index contributed by atoms with van der Waals surface area (Å²) in [6.07, 6.45) is 0. The fourth-order valence-electron chi connectivity index (χ4n) is 1.86. The lowest BCUT2D eigenvalue weighted by Crippen LogP contribution is -2.38. The lowest BCUT2D eigenvalue weighted by Gasteiger charge is -2.24. The molecule has 0 fully saturated rings. The number of primary amides is 1. The number of benzene rings is 2. The van der Waals surface area contributed by atoms with Gasteiger partial charge in [-0.1, -0.05) is 23.2 Å². The van der Waals surface area contributed by atoms with Crippen LogP contribution in [0.1, 0.15) is 0 Å². The van der Waals surface area contributed by atoms with Crippen LogP contribution in [0.3, 0.4) is 0 Å². The van der Waals surface area contributed by atoms with E-state index in [0.717, 1.165) is 28.6 Å². The maximum absolute atomic E-state index is 13.0. The van der Waals surface area contributed by atoms with Crippen LogP contribution >= 0.6 is 23.2 Å². The van der Waals surface area contributed by atoms with E-state index in [4.69, 9.17) is 28.9 Å². The zero-order valence-electron chi connectivity index (χ0n) is 11.5. The molecule has 5 nitrogen and oxygen atoms in total. The molecular weight excluding hydrogens is 366 g/mol. The van der Waals surface area contributed by atoms with Crippen LogP contribution in [-0.4, -0.2) is 20.9 Å². The Bertz CT molecular complexity index is 842. The van der Waals surface area contributed by atoms with Crippen LogP contribution in [0.5, 0.6) is 0 Å². The van der Waals surface area contributed by atoms with Crippen LogP contribution in [0.2, 0.25) is 10.0 Å². The van der Waals surface area contributed by atoms with Crippen molar-refractivity contribution in [2.24, 2.45) is 5.73 Å². The topological polar surface area (TPSA) is 80.5 Å². The molecule has 2 aromatic carbocycles. The smallest absolute Gasteiger partial charge is 0.264 e. The second-order valence-electron chi connectivity index (χ2n) is 4.53. The molecule has 0 saturated heterocycles. The second kappa shape index (κ2) is 6.74. The lowest BCUT2D eigenvalue weighted by molar-refractivity contribution is -0.116. The molecule has 0 unspecified atom stereocenters. The van der Waals surface area contributed by atoms with Crippen LogP contribution in [0.25, 0.3) is 0 Å². The van der Waals surface area contributed by atoms with Crippen molar-refractivity contribution in [1.82, 2.24) is 0 Å². The SMILES string of the molecule is NC(=O)CN(c1ccc(Cl)cc1Cl)S(=O)(=O)c1ccc(F)cc1. The van der Waals surface area contributed by atoms with Gasteiger partial charge in [0.25, 0.3) is 10.0 Å². The molecule has 23 heavy (non-hydrogen) atoms. The van der Waals surface area contributed by atoms with Gasteiger partial charge in [0, 0.05) is 5.02 Å². The van der Waals surface area contributed by atoms with Gasteiger partial charge in [-0.15, -0.1) is 0 Å². The maximum Gasteiger partial charge on any atom is 0.264 e. The van der Waals surface area contributed by atoms with Crippen LogP contribution in [-0.2, 0) is 14.8 Å². The quantitative estimate of drug-likeness (QED) is 0.870. The van der Waals surface area contributed by atoms with Gasteiger partial charge in [0.05, 0.1) is 15.6 Å². The number of sulfonamides is 1. The van der Waals surface area contributed by atoms with E-state index >= 15 is 0 Å². The third-order valence-electron chi connectivity index (χ3n) is 2.88. The van der Waals surface area contributed by atoms with Gasteiger partial charge in [0.2, 0.25) is 5.91 Å². The Morgan fingerprint density at radius 2 is 1.74 bits per heavy atom. The van der Waals surface area contributed by atoms with Gasteiger partial charge < -0.3 is 5.73 Å². The number of rotatable bonds is 5. The standard InChI is InChI=1S/C14H11Cl2FN2O3S/c15-9-1-6-13(12(16)7-9)19(8-14(18)20)23(21,22)11-4-2-10(17)3-5-11/h1-7H,8H2,(H2,18,20). The zero-order chi connectivity index (χ0) is 17.2. The van der Waals surface area contributed by atoms with E-state index in [9.17, 15) is 17.6 Å². The van der Waals surface area contributed by atoms with Crippen molar-refractivity contribution in [2.75, 3.05) is 10.8 Å². The Morgan fingerprint density at radius 1 is 1.13 bits per heavy atom. The van der Waals surface area contributed by atoms with E-state index in [1.807, 2.05) is 0 Å². The maximum atomic E-state index is 13.0. The van der Waals surface area contributed by atoms with Gasteiger partial charge in [-0.2, -0.15) is 0 Å². The molecule has 0 aliphatic rings. The van der Waals surface area contributed by atoms with Crippen molar-refractivity contribution in [2.45, 2.75) is 4.90 Å². The summed E-state index contributed by atoms with van der Waals surface area (Å²) in [4.78, 5) is 11.1. The molecule has 9 heteroatoms. The Kier molecular flexibility index (Phi) is 5.13. The van der Waals surface area contributed by atoms with Gasteiger partial charge >= 0.3 is 0 Å². The monoisotopic (exact) mass is 376 g/mol. The van der Waals surface area contributed by atoms with Crippen molar-refractivity contribution in [1.29, 1.82) is 0 Å². The molecule has 0 bridgehead atoms. The van der Waals surface area contributed by atoms with E-state index in [0.29, 0.717) is 5.02 Å². The largest absolute Gasteiger partial charge is 0.368 e. The molecule has 0 aliphatic carbocycles. The average Bonchev–Trinajstić information content (AvgIpc) is 2.45. The molecule has 0 spiro atoms. The summed E-state index contributed by atoms with van der Waals surface area (Å²) in [6, 6.07) is 8.29. The predicted octanol–water partition coefficient (Wildman–Crippen LogP) is 2.81. The summed E-state index contributed by atoms with van der Waals surface area (Å²) < 4.78 is 39.2. The number of anilines is 1. The minimum atomic E-state index is -4.16. The van der Waals surface area contributed by atoms with E-state index in [2.05, 4.69) is 0 Å². The van der Waals surface area contributed by atoms with Crippen LogP contribution < -0.4 is 10.0 Å². The Balaban J connectivity index is 2.57. The highest BCUT2D eigenvalue weighted by molar-refractivity contribution is 7.92. The number of nitrogens with two attached hydrogens (primary N) is 1. The highest BCUT2D eigenvalue weighted by atomic mass is 35.5. The Hall–Kier alpha value is -1.83. The summed E-state index contributed by atoms with van der Waals surface area (Å²) in [5, 5.41) is 0.335. The number of carbonyl (C=O) groups excluding carboxylic acids is 1. The van der Waals surface area contributed by atoms with Crippen molar-refractivity contribution in [3.8, 4) is 0 Å². The fraction of sp³-hybridized carbons (Fsp3) is 0.0714. The van der Waals surface area contributed by atoms with Crippen LogP contribution in [0.4, 0.5) is 10.1 Å². The number of carbonyl (C=O) groups is 1. The van der Waals surface area contributed by atoms with Crippen molar-refractivity contribution in [3.05, 3.63) is 58.3 Å². The van der Waals surface area contributed by atoms with E-state index in [1.165, 1.54) is 18.2 Å². The minimum Gasteiger partial charge on any atom is -0.368 e. The Morgan fingerprint density at radius 3 is 2.26 bits per heavy atom. The van der Waals surface area contributed by atoms with Crippen molar-refractivity contribution < 1.29 is 17.6 Å². The molecule has 0 radical (unpaired) electrons. The molecule has 2 rings (SSSR count). The summed E-state index contributed by atoms with van der Waals surface area (Å²) in [6.45, 7) is -0.624. The average molecular weight is 377 g/mol. The summed E-state index contributed by atoms with van der Waals surface area (Å²) in [5.41, 5.74) is 5.18. The normalized spacial score (nSPS) is 11.3. The Labute approximate surface area is 142 Å². The van der Waals surface area contributed by atoms with Gasteiger partial charge in [-0.3, -0.25) is 9.10 Å². The molecular formula is C14H11Cl2FN2O3S. The number of amides is 1. The fourth-order valence-corrected chi connectivity index (χ4v) is 3.87. The molecule has 2 aromatic rings. The highest BCUT2D eigenvalue weighted by Gasteiger charge is 2.28. The lowest BCUT2D eigenvalue weighted by atomic mass is 10.3. The van der Waals surface area contributed by atoms with E-state index in [1.54, 1.807) is 0 Å². The number of hydrogen-bond acceptors (Lipinski definition) is 3. The highest BCUT2D eigenvalue weighted by Crippen LogP contribution is 2.32. The number of nitrogens with zero attached hydrogens (tertiary/aromatic N) is 1. The molecule has 1 amide bonds. The summed E-state index contributed by atoms with van der Waals surface area (Å²) in [7, 11) is -4.16. The molecule has 2 N–H and O–H groups in total. The van der Waals surface area contributed by atoms with Crippen LogP contribution in [0, 0.1) is 5.82 Å². The number of hydrogen-bond donors (Lipinski definition) is 1. The first-order chi connectivity index (χ1) is 10.7. The number of halogens is 3.